The number of hydrogen-bond acceptors (Lipinski definition) is 3. The molecule has 3 aromatic rings. The molecule has 0 atom stereocenters. The third-order valence-electron chi connectivity index (χ3n) is 5.42. The molecule has 146 valence electrons. The summed E-state index contributed by atoms with van der Waals surface area (Å²) in [6.07, 6.45) is 3.51. The van der Waals surface area contributed by atoms with Gasteiger partial charge in [-0.05, 0) is 55.0 Å². The van der Waals surface area contributed by atoms with Gasteiger partial charge in [-0.2, -0.15) is 0 Å². The van der Waals surface area contributed by atoms with E-state index in [4.69, 9.17) is 0 Å². The molecule has 3 nitrogen and oxygen atoms in total. The highest BCUT2D eigenvalue weighted by Crippen LogP contribution is 2.21. The standard InChI is InChI=1S/C26H26N2O/c1-21-7-12-24(13-8-21)27-17-19-28(20-18-27)25-14-10-23(11-15-25)26(29)16-9-22-5-3-2-4-6-22/h2-16H,17-20H2,1H3/b16-9+. The molecule has 4 rings (SSSR count). The highest BCUT2D eigenvalue weighted by Gasteiger charge is 2.17. The van der Waals surface area contributed by atoms with Crippen molar-refractivity contribution in [3.63, 3.8) is 0 Å². The van der Waals surface area contributed by atoms with Crippen LogP contribution >= 0.6 is 0 Å². The number of carbonyl (C=O) groups excluding carboxylic acids is 1. The van der Waals surface area contributed by atoms with Crippen LogP contribution in [0, 0.1) is 6.92 Å². The largest absolute Gasteiger partial charge is 0.368 e. The molecule has 29 heavy (non-hydrogen) atoms. The molecule has 0 unspecified atom stereocenters. The van der Waals surface area contributed by atoms with Gasteiger partial charge in [0.15, 0.2) is 5.78 Å². The second-order valence-electron chi connectivity index (χ2n) is 7.46. The summed E-state index contributed by atoms with van der Waals surface area (Å²) in [6, 6.07) is 26.6. The summed E-state index contributed by atoms with van der Waals surface area (Å²) in [7, 11) is 0. The summed E-state index contributed by atoms with van der Waals surface area (Å²) < 4.78 is 0. The highest BCUT2D eigenvalue weighted by atomic mass is 16.1. The molecule has 0 aliphatic carbocycles. The molecule has 0 N–H and O–H groups in total. The Hall–Kier alpha value is -3.33. The van der Waals surface area contributed by atoms with Gasteiger partial charge in [0.05, 0.1) is 0 Å². The van der Waals surface area contributed by atoms with E-state index in [9.17, 15) is 4.79 Å². The summed E-state index contributed by atoms with van der Waals surface area (Å²) in [4.78, 5) is 17.2. The van der Waals surface area contributed by atoms with Crippen LogP contribution in [0.3, 0.4) is 0 Å². The number of carbonyl (C=O) groups is 1. The Balaban J connectivity index is 1.35. The van der Waals surface area contributed by atoms with Crippen LogP contribution in [0.4, 0.5) is 11.4 Å². The van der Waals surface area contributed by atoms with Crippen molar-refractivity contribution in [1.29, 1.82) is 0 Å². The van der Waals surface area contributed by atoms with Gasteiger partial charge in [0.25, 0.3) is 0 Å². The minimum absolute atomic E-state index is 0.0320. The van der Waals surface area contributed by atoms with Crippen molar-refractivity contribution >= 4 is 23.2 Å². The lowest BCUT2D eigenvalue weighted by atomic mass is 10.1. The fourth-order valence-corrected chi connectivity index (χ4v) is 3.65. The Morgan fingerprint density at radius 3 is 1.79 bits per heavy atom. The number of anilines is 2. The smallest absolute Gasteiger partial charge is 0.185 e. The van der Waals surface area contributed by atoms with Crippen molar-refractivity contribution in [3.05, 3.63) is 102 Å². The summed E-state index contributed by atoms with van der Waals surface area (Å²) in [6.45, 7) is 6.09. The predicted molar refractivity (Wildman–Crippen MR) is 122 cm³/mol. The minimum atomic E-state index is 0.0320. The zero-order valence-corrected chi connectivity index (χ0v) is 16.8. The first-order valence-corrected chi connectivity index (χ1v) is 10.1. The number of nitrogens with zero attached hydrogens (tertiary/aromatic N) is 2. The van der Waals surface area contributed by atoms with Crippen LogP contribution in [-0.2, 0) is 0 Å². The number of rotatable bonds is 5. The van der Waals surface area contributed by atoms with Gasteiger partial charge >= 0.3 is 0 Å². The molecule has 1 heterocycles. The first kappa shape index (κ1) is 19.0. The minimum Gasteiger partial charge on any atom is -0.368 e. The van der Waals surface area contributed by atoms with Crippen molar-refractivity contribution in [3.8, 4) is 0 Å². The fraction of sp³-hybridized carbons (Fsp3) is 0.192. The molecule has 1 aliphatic rings. The van der Waals surface area contributed by atoms with Crippen LogP contribution < -0.4 is 9.80 Å². The number of benzene rings is 3. The SMILES string of the molecule is Cc1ccc(N2CCN(c3ccc(C(=O)/C=C/c4ccccc4)cc3)CC2)cc1. The van der Waals surface area contributed by atoms with E-state index < -0.39 is 0 Å². The monoisotopic (exact) mass is 382 g/mol. The summed E-state index contributed by atoms with van der Waals surface area (Å²) in [5, 5.41) is 0. The summed E-state index contributed by atoms with van der Waals surface area (Å²) in [5.41, 5.74) is 5.52. The molecule has 0 aromatic heterocycles. The van der Waals surface area contributed by atoms with Gasteiger partial charge in [-0.3, -0.25) is 4.79 Å². The van der Waals surface area contributed by atoms with E-state index in [-0.39, 0.29) is 5.78 Å². The van der Waals surface area contributed by atoms with E-state index >= 15 is 0 Å². The number of aryl methyl sites for hydroxylation is 1. The van der Waals surface area contributed by atoms with Crippen molar-refractivity contribution in [2.45, 2.75) is 6.92 Å². The van der Waals surface area contributed by atoms with Crippen molar-refractivity contribution in [1.82, 2.24) is 0 Å². The zero-order chi connectivity index (χ0) is 20.1. The molecule has 0 bridgehead atoms. The van der Waals surface area contributed by atoms with Crippen LogP contribution in [0.1, 0.15) is 21.5 Å². The van der Waals surface area contributed by atoms with E-state index in [0.29, 0.717) is 0 Å². The van der Waals surface area contributed by atoms with E-state index in [1.165, 1.54) is 16.9 Å². The van der Waals surface area contributed by atoms with Crippen LogP contribution in [0.2, 0.25) is 0 Å². The lowest BCUT2D eigenvalue weighted by molar-refractivity contribution is 0.104. The van der Waals surface area contributed by atoms with Crippen LogP contribution in [0.15, 0.2) is 84.9 Å². The third-order valence-corrected chi connectivity index (χ3v) is 5.42. The van der Waals surface area contributed by atoms with Crippen LogP contribution in [0.25, 0.3) is 6.08 Å². The fourth-order valence-electron chi connectivity index (χ4n) is 3.65. The Kier molecular flexibility index (Phi) is 5.76. The number of hydrogen-bond donors (Lipinski definition) is 0. The molecular formula is C26H26N2O. The number of ketones is 1. The van der Waals surface area contributed by atoms with E-state index in [1.54, 1.807) is 6.08 Å². The average molecular weight is 383 g/mol. The predicted octanol–water partition coefficient (Wildman–Crippen LogP) is 5.22. The summed E-state index contributed by atoms with van der Waals surface area (Å²) >= 11 is 0. The highest BCUT2D eigenvalue weighted by molar-refractivity contribution is 6.06. The Bertz CT molecular complexity index is 967. The zero-order valence-electron chi connectivity index (χ0n) is 16.8. The topological polar surface area (TPSA) is 23.6 Å². The normalized spacial score (nSPS) is 14.4. The summed E-state index contributed by atoms with van der Waals surface area (Å²) in [5.74, 6) is 0.0320. The van der Waals surface area contributed by atoms with E-state index in [1.807, 2.05) is 48.5 Å². The van der Waals surface area contributed by atoms with Gasteiger partial charge < -0.3 is 9.80 Å². The second kappa shape index (κ2) is 8.78. The Morgan fingerprint density at radius 2 is 1.24 bits per heavy atom. The maximum Gasteiger partial charge on any atom is 0.185 e. The lowest BCUT2D eigenvalue weighted by Gasteiger charge is -2.37. The van der Waals surface area contributed by atoms with Gasteiger partial charge in [0, 0.05) is 43.1 Å². The second-order valence-corrected chi connectivity index (χ2v) is 7.46. The molecule has 1 fully saturated rings. The number of allylic oxidation sites excluding steroid dienone is 1. The molecular weight excluding hydrogens is 356 g/mol. The Labute approximate surface area is 172 Å². The number of piperazine rings is 1. The van der Waals surface area contributed by atoms with Gasteiger partial charge in [-0.25, -0.2) is 0 Å². The average Bonchev–Trinajstić information content (AvgIpc) is 2.79. The molecule has 3 heteroatoms. The molecule has 0 spiro atoms. The quantitative estimate of drug-likeness (QED) is 0.447. The molecule has 1 aliphatic heterocycles. The molecule has 0 radical (unpaired) electrons. The van der Waals surface area contributed by atoms with E-state index in [2.05, 4.69) is 53.1 Å². The molecule has 0 amide bonds. The first-order valence-electron chi connectivity index (χ1n) is 10.1. The van der Waals surface area contributed by atoms with Gasteiger partial charge in [0.1, 0.15) is 0 Å². The Morgan fingerprint density at radius 1 is 0.724 bits per heavy atom. The van der Waals surface area contributed by atoms with Gasteiger partial charge in [0.2, 0.25) is 0 Å². The van der Waals surface area contributed by atoms with Crippen molar-refractivity contribution in [2.75, 3.05) is 36.0 Å². The van der Waals surface area contributed by atoms with Crippen LogP contribution in [0.5, 0.6) is 0 Å². The lowest BCUT2D eigenvalue weighted by Crippen LogP contribution is -2.46. The maximum atomic E-state index is 12.4. The first-order chi connectivity index (χ1) is 14.2. The van der Waals surface area contributed by atoms with Crippen molar-refractivity contribution < 1.29 is 4.79 Å². The third kappa shape index (κ3) is 4.75. The molecule has 3 aromatic carbocycles. The van der Waals surface area contributed by atoms with Gasteiger partial charge in [-0.15, -0.1) is 0 Å². The molecule has 1 saturated heterocycles. The van der Waals surface area contributed by atoms with Crippen LogP contribution in [-0.4, -0.2) is 32.0 Å². The van der Waals surface area contributed by atoms with Crippen molar-refractivity contribution in [2.24, 2.45) is 0 Å². The molecule has 0 saturated carbocycles. The van der Waals surface area contributed by atoms with E-state index in [0.717, 1.165) is 37.3 Å². The maximum absolute atomic E-state index is 12.4. The van der Waals surface area contributed by atoms with Gasteiger partial charge in [-0.1, -0.05) is 54.1 Å².